The van der Waals surface area contributed by atoms with Crippen LogP contribution < -0.4 is 4.57 Å². The predicted octanol–water partition coefficient (Wildman–Crippen LogP) is 0.568. The molecule has 1 N–H and O–H groups in total. The number of rotatable bonds is 0. The molecular formula is C9H15N4+. The zero-order valence-electron chi connectivity index (χ0n) is 8.23. The van der Waals surface area contributed by atoms with Gasteiger partial charge in [0.15, 0.2) is 0 Å². The molecule has 2 rings (SSSR count). The summed E-state index contributed by atoms with van der Waals surface area (Å²) in [4.78, 5) is 6.82. The molecule has 4 heteroatoms. The molecule has 4 nitrogen and oxygen atoms in total. The summed E-state index contributed by atoms with van der Waals surface area (Å²) in [7, 11) is 3.94. The van der Waals surface area contributed by atoms with Gasteiger partial charge in [0.2, 0.25) is 0 Å². The minimum atomic E-state index is 1.18. The van der Waals surface area contributed by atoms with E-state index in [1.165, 1.54) is 5.82 Å². The van der Waals surface area contributed by atoms with Crippen molar-refractivity contribution in [1.82, 2.24) is 14.5 Å². The van der Waals surface area contributed by atoms with Gasteiger partial charge in [-0.3, -0.25) is 0 Å². The Labute approximate surface area is 77.9 Å². The number of hydrogen-bond acceptors (Lipinski definition) is 1. The Kier molecular flexibility index (Phi) is 3.25. The summed E-state index contributed by atoms with van der Waals surface area (Å²) < 4.78 is 3.92. The van der Waals surface area contributed by atoms with Crippen LogP contribution in [-0.4, -0.2) is 14.5 Å². The van der Waals surface area contributed by atoms with Gasteiger partial charge in [-0.15, -0.1) is 0 Å². The minimum absolute atomic E-state index is 1.18. The summed E-state index contributed by atoms with van der Waals surface area (Å²) in [5.74, 6) is 1.18. The number of nitrogens with zero attached hydrogens (tertiary/aromatic N) is 3. The van der Waals surface area contributed by atoms with E-state index in [1.807, 2.05) is 48.7 Å². The van der Waals surface area contributed by atoms with Gasteiger partial charge in [-0.05, 0) is 0 Å². The molecule has 70 valence electrons. The van der Waals surface area contributed by atoms with Gasteiger partial charge in [-0.25, -0.2) is 14.5 Å². The average molecular weight is 179 g/mol. The van der Waals surface area contributed by atoms with E-state index >= 15 is 0 Å². The maximum atomic E-state index is 3.78. The van der Waals surface area contributed by atoms with Gasteiger partial charge in [-0.2, -0.15) is 0 Å². The van der Waals surface area contributed by atoms with Crippen LogP contribution in [0.1, 0.15) is 5.82 Å². The third-order valence-corrected chi connectivity index (χ3v) is 1.76. The molecule has 0 aliphatic carbocycles. The summed E-state index contributed by atoms with van der Waals surface area (Å²) in [5, 5.41) is 0. The Morgan fingerprint density at radius 3 is 2.46 bits per heavy atom. The molecule has 0 radical (unpaired) electrons. The van der Waals surface area contributed by atoms with Crippen LogP contribution in [0.15, 0.2) is 31.1 Å². The van der Waals surface area contributed by atoms with Crippen molar-refractivity contribution in [3.8, 4) is 0 Å². The lowest BCUT2D eigenvalue weighted by atomic mass is 10.7. The van der Waals surface area contributed by atoms with E-state index in [-0.39, 0.29) is 0 Å². The summed E-state index contributed by atoms with van der Waals surface area (Å²) >= 11 is 0. The maximum absolute atomic E-state index is 3.78. The number of imidazole rings is 2. The Bertz CT molecular complexity index is 318. The van der Waals surface area contributed by atoms with Crippen molar-refractivity contribution in [3.05, 3.63) is 36.9 Å². The average Bonchev–Trinajstić information content (AvgIpc) is 2.67. The molecule has 0 atom stereocenters. The van der Waals surface area contributed by atoms with Crippen LogP contribution in [0, 0.1) is 6.92 Å². The molecule has 2 heterocycles. The Morgan fingerprint density at radius 2 is 2.31 bits per heavy atom. The lowest BCUT2D eigenvalue weighted by Gasteiger charge is -1.77. The van der Waals surface area contributed by atoms with E-state index < -0.39 is 0 Å². The number of nitrogens with one attached hydrogen (secondary N) is 1. The lowest BCUT2D eigenvalue weighted by Crippen LogP contribution is -2.27. The molecule has 0 bridgehead atoms. The van der Waals surface area contributed by atoms with Crippen molar-refractivity contribution in [2.45, 2.75) is 6.92 Å². The van der Waals surface area contributed by atoms with Crippen LogP contribution in [0.4, 0.5) is 0 Å². The van der Waals surface area contributed by atoms with Gasteiger partial charge in [0.05, 0.1) is 13.4 Å². The normalized spacial score (nSPS) is 9.15. The van der Waals surface area contributed by atoms with E-state index in [2.05, 4.69) is 9.97 Å². The summed E-state index contributed by atoms with van der Waals surface area (Å²) in [5.41, 5.74) is 0. The van der Waals surface area contributed by atoms with E-state index in [1.54, 1.807) is 12.5 Å². The molecule has 0 saturated heterocycles. The third-order valence-electron chi connectivity index (χ3n) is 1.76. The first-order chi connectivity index (χ1) is 6.20. The van der Waals surface area contributed by atoms with E-state index in [0.29, 0.717) is 0 Å². The standard InChI is InChI=1S/C5H8N2.C4H6N2/c1-5-6-3-4-7(5)2;1-6-3-2-5-4-6/h3-4H,1-2H3;2-4H,1H3/p+1. The number of aryl methyl sites for hydroxylation is 3. The summed E-state index contributed by atoms with van der Waals surface area (Å²) in [6.07, 6.45) is 9.28. The summed E-state index contributed by atoms with van der Waals surface area (Å²) in [6, 6.07) is 0. The largest absolute Gasteiger partial charge is 0.341 e. The first-order valence-corrected chi connectivity index (χ1v) is 4.11. The first-order valence-electron chi connectivity index (χ1n) is 4.11. The topological polar surface area (TPSA) is 37.5 Å². The van der Waals surface area contributed by atoms with Crippen molar-refractivity contribution in [2.24, 2.45) is 14.1 Å². The monoisotopic (exact) mass is 179 g/mol. The number of hydrogen-bond donors (Lipinski definition) is 1. The zero-order valence-corrected chi connectivity index (χ0v) is 8.23. The Balaban J connectivity index is 0.000000132. The second kappa shape index (κ2) is 4.45. The molecule has 2 aromatic heterocycles. The number of aromatic amines is 1. The van der Waals surface area contributed by atoms with Gasteiger partial charge < -0.3 is 4.57 Å². The van der Waals surface area contributed by atoms with E-state index in [9.17, 15) is 0 Å². The van der Waals surface area contributed by atoms with Gasteiger partial charge in [-0.1, -0.05) is 0 Å². The van der Waals surface area contributed by atoms with Crippen LogP contribution in [0.25, 0.3) is 0 Å². The quantitative estimate of drug-likeness (QED) is 0.590. The van der Waals surface area contributed by atoms with Crippen molar-refractivity contribution in [2.75, 3.05) is 0 Å². The minimum Gasteiger partial charge on any atom is -0.341 e. The molecule has 0 saturated carbocycles. The molecule has 2 aromatic rings. The smallest absolute Gasteiger partial charge is 0.250 e. The highest BCUT2D eigenvalue weighted by molar-refractivity contribution is 4.70. The van der Waals surface area contributed by atoms with Crippen LogP contribution >= 0.6 is 0 Å². The Morgan fingerprint density at radius 1 is 1.54 bits per heavy atom. The zero-order chi connectivity index (χ0) is 9.68. The third kappa shape index (κ3) is 3.11. The number of aromatic nitrogens is 4. The molecular weight excluding hydrogens is 164 g/mol. The fourth-order valence-electron chi connectivity index (χ4n) is 0.809. The molecule has 13 heavy (non-hydrogen) atoms. The molecule has 0 unspecified atom stereocenters. The van der Waals surface area contributed by atoms with E-state index in [4.69, 9.17) is 0 Å². The van der Waals surface area contributed by atoms with Gasteiger partial charge >= 0.3 is 0 Å². The number of H-pyrrole nitrogens is 1. The van der Waals surface area contributed by atoms with Gasteiger partial charge in [0, 0.05) is 26.4 Å². The Hall–Kier alpha value is -1.58. The highest BCUT2D eigenvalue weighted by atomic mass is 15.0. The SMILES string of the molecule is Cc1[nH]cc[n+]1C.Cn1ccnc1. The highest BCUT2D eigenvalue weighted by Gasteiger charge is 1.93. The molecule has 0 amide bonds. The van der Waals surface area contributed by atoms with Crippen molar-refractivity contribution < 1.29 is 4.57 Å². The maximum Gasteiger partial charge on any atom is 0.250 e. The fraction of sp³-hybridized carbons (Fsp3) is 0.333. The van der Waals surface area contributed by atoms with Crippen LogP contribution in [-0.2, 0) is 14.1 Å². The molecule has 0 aliphatic rings. The lowest BCUT2D eigenvalue weighted by molar-refractivity contribution is -0.676. The molecule has 0 aromatic carbocycles. The van der Waals surface area contributed by atoms with Crippen molar-refractivity contribution in [1.29, 1.82) is 0 Å². The van der Waals surface area contributed by atoms with Crippen molar-refractivity contribution >= 4 is 0 Å². The molecule has 0 fully saturated rings. The van der Waals surface area contributed by atoms with Crippen LogP contribution in [0.3, 0.4) is 0 Å². The first kappa shape index (κ1) is 9.51. The predicted molar refractivity (Wildman–Crippen MR) is 49.9 cm³/mol. The fourth-order valence-corrected chi connectivity index (χ4v) is 0.809. The molecule has 0 aliphatic heterocycles. The van der Waals surface area contributed by atoms with Gasteiger partial charge in [0.25, 0.3) is 5.82 Å². The second-order valence-electron chi connectivity index (χ2n) is 2.88. The van der Waals surface area contributed by atoms with Crippen LogP contribution in [0.2, 0.25) is 0 Å². The van der Waals surface area contributed by atoms with E-state index in [0.717, 1.165) is 0 Å². The molecule has 0 spiro atoms. The summed E-state index contributed by atoms with van der Waals surface area (Å²) in [6.45, 7) is 2.03. The second-order valence-corrected chi connectivity index (χ2v) is 2.88. The van der Waals surface area contributed by atoms with Gasteiger partial charge in [0.1, 0.15) is 12.4 Å². The van der Waals surface area contributed by atoms with Crippen molar-refractivity contribution in [3.63, 3.8) is 0 Å². The highest BCUT2D eigenvalue weighted by Crippen LogP contribution is 1.75. The van der Waals surface area contributed by atoms with Crippen LogP contribution in [0.5, 0.6) is 0 Å².